The first kappa shape index (κ1) is 13.9. The van der Waals surface area contributed by atoms with Gasteiger partial charge in [-0.2, -0.15) is 18.3 Å². The molecular formula is C10H6ClF3N2O2S. The quantitative estimate of drug-likeness (QED) is 0.802. The normalized spacial score (nSPS) is 12.6. The summed E-state index contributed by atoms with van der Waals surface area (Å²) in [6.45, 7) is 0. The summed E-state index contributed by atoms with van der Waals surface area (Å²) in [7, 11) is 1.16. The number of hydrogen-bond donors (Lipinski definition) is 0. The molecule has 0 spiro atoms. The molecule has 102 valence electrons. The molecule has 1 aromatic carbocycles. The minimum atomic E-state index is -4.45. The SMILES string of the molecule is O=S(=O)(Cl)c1ccnn1-c1ccc(C(F)(F)F)cc1. The Hall–Kier alpha value is -1.54. The van der Waals surface area contributed by atoms with Gasteiger partial charge in [-0.25, -0.2) is 13.1 Å². The maximum atomic E-state index is 12.4. The molecular weight excluding hydrogens is 305 g/mol. The molecule has 0 aliphatic carbocycles. The van der Waals surface area contributed by atoms with Crippen LogP contribution in [0.5, 0.6) is 0 Å². The molecule has 0 saturated heterocycles. The lowest BCUT2D eigenvalue weighted by atomic mass is 10.2. The summed E-state index contributed by atoms with van der Waals surface area (Å²) in [4.78, 5) is 0. The molecule has 2 rings (SSSR count). The van der Waals surface area contributed by atoms with Crippen molar-refractivity contribution in [2.45, 2.75) is 11.2 Å². The van der Waals surface area contributed by atoms with Crippen molar-refractivity contribution in [1.29, 1.82) is 0 Å². The van der Waals surface area contributed by atoms with E-state index in [0.717, 1.165) is 35.0 Å². The van der Waals surface area contributed by atoms with Crippen molar-refractivity contribution in [3.05, 3.63) is 42.1 Å². The van der Waals surface area contributed by atoms with Gasteiger partial charge in [0.05, 0.1) is 17.4 Å². The van der Waals surface area contributed by atoms with Crippen LogP contribution in [0.4, 0.5) is 13.2 Å². The molecule has 1 aromatic heterocycles. The van der Waals surface area contributed by atoms with Crippen LogP contribution in [0.2, 0.25) is 0 Å². The molecule has 0 unspecified atom stereocenters. The second-order valence-electron chi connectivity index (χ2n) is 3.56. The topological polar surface area (TPSA) is 52.0 Å². The number of aromatic nitrogens is 2. The Morgan fingerprint density at radius 2 is 1.68 bits per heavy atom. The smallest absolute Gasteiger partial charge is 0.221 e. The summed E-state index contributed by atoms with van der Waals surface area (Å²) in [6.07, 6.45) is -3.27. The molecule has 0 saturated carbocycles. The van der Waals surface area contributed by atoms with Gasteiger partial charge in [0.1, 0.15) is 0 Å². The van der Waals surface area contributed by atoms with Crippen LogP contribution >= 0.6 is 10.7 Å². The van der Waals surface area contributed by atoms with Crippen LogP contribution in [0.25, 0.3) is 5.69 Å². The highest BCUT2D eigenvalue weighted by Crippen LogP contribution is 2.30. The Kier molecular flexibility index (Phi) is 3.31. The van der Waals surface area contributed by atoms with Crippen molar-refractivity contribution < 1.29 is 21.6 Å². The molecule has 2 aromatic rings. The first-order chi connectivity index (χ1) is 8.69. The average molecular weight is 311 g/mol. The van der Waals surface area contributed by atoms with E-state index in [9.17, 15) is 21.6 Å². The second-order valence-corrected chi connectivity index (χ2v) is 6.08. The van der Waals surface area contributed by atoms with Crippen LogP contribution in [-0.4, -0.2) is 18.2 Å². The molecule has 0 N–H and O–H groups in total. The summed E-state index contributed by atoms with van der Waals surface area (Å²) in [5.41, 5.74) is -0.670. The van der Waals surface area contributed by atoms with E-state index in [2.05, 4.69) is 5.10 Å². The lowest BCUT2D eigenvalue weighted by molar-refractivity contribution is -0.137. The van der Waals surface area contributed by atoms with Crippen LogP contribution in [-0.2, 0) is 15.2 Å². The molecule has 0 aliphatic heterocycles. The monoisotopic (exact) mass is 310 g/mol. The fraction of sp³-hybridized carbons (Fsp3) is 0.100. The Morgan fingerprint density at radius 3 is 2.16 bits per heavy atom. The lowest BCUT2D eigenvalue weighted by Gasteiger charge is -2.08. The molecule has 19 heavy (non-hydrogen) atoms. The van der Waals surface area contributed by atoms with E-state index in [0.29, 0.717) is 0 Å². The summed E-state index contributed by atoms with van der Waals surface area (Å²) >= 11 is 0. The summed E-state index contributed by atoms with van der Waals surface area (Å²) < 4.78 is 60.6. The zero-order chi connectivity index (χ0) is 14.3. The van der Waals surface area contributed by atoms with Gasteiger partial charge in [-0.15, -0.1) is 0 Å². The molecule has 0 bridgehead atoms. The van der Waals surface area contributed by atoms with Crippen molar-refractivity contribution in [2.75, 3.05) is 0 Å². The van der Waals surface area contributed by atoms with E-state index in [1.165, 1.54) is 6.20 Å². The first-order valence-electron chi connectivity index (χ1n) is 4.86. The van der Waals surface area contributed by atoms with Crippen molar-refractivity contribution in [1.82, 2.24) is 9.78 Å². The van der Waals surface area contributed by atoms with Gasteiger partial charge in [0.25, 0.3) is 9.05 Å². The van der Waals surface area contributed by atoms with E-state index in [1.54, 1.807) is 0 Å². The summed E-state index contributed by atoms with van der Waals surface area (Å²) in [6, 6.07) is 5.05. The summed E-state index contributed by atoms with van der Waals surface area (Å²) in [5.74, 6) is 0. The van der Waals surface area contributed by atoms with Gasteiger partial charge in [0, 0.05) is 10.7 Å². The molecule has 0 fully saturated rings. The Labute approximate surface area is 110 Å². The largest absolute Gasteiger partial charge is 0.416 e. The molecule has 0 amide bonds. The van der Waals surface area contributed by atoms with E-state index in [4.69, 9.17) is 10.7 Å². The standard InChI is InChI=1S/C10H6ClF3N2O2S/c11-19(17,18)9-5-6-15-16(9)8-3-1-7(2-4-8)10(12,13)14/h1-6H. The predicted molar refractivity (Wildman–Crippen MR) is 61.6 cm³/mol. The van der Waals surface area contributed by atoms with E-state index in [-0.39, 0.29) is 10.7 Å². The number of alkyl halides is 3. The molecule has 0 aliphatic rings. The fourth-order valence-corrected chi connectivity index (χ4v) is 2.39. The summed E-state index contributed by atoms with van der Waals surface area (Å²) in [5, 5.41) is 3.41. The average Bonchev–Trinajstić information content (AvgIpc) is 2.76. The van der Waals surface area contributed by atoms with E-state index in [1.807, 2.05) is 0 Å². The molecule has 9 heteroatoms. The number of benzene rings is 1. The Balaban J connectivity index is 2.48. The third kappa shape index (κ3) is 2.90. The molecule has 1 heterocycles. The van der Waals surface area contributed by atoms with Crippen molar-refractivity contribution >= 4 is 19.7 Å². The van der Waals surface area contributed by atoms with Gasteiger partial charge in [-0.3, -0.25) is 0 Å². The van der Waals surface area contributed by atoms with Gasteiger partial charge >= 0.3 is 6.18 Å². The maximum Gasteiger partial charge on any atom is 0.416 e. The van der Waals surface area contributed by atoms with E-state index < -0.39 is 20.8 Å². The molecule has 0 atom stereocenters. The van der Waals surface area contributed by atoms with Crippen LogP contribution in [0.1, 0.15) is 5.56 Å². The third-order valence-corrected chi connectivity index (χ3v) is 3.58. The van der Waals surface area contributed by atoms with Gasteiger partial charge in [-0.1, -0.05) is 0 Å². The predicted octanol–water partition coefficient (Wildman–Crippen LogP) is 2.82. The number of halogens is 4. The van der Waals surface area contributed by atoms with Crippen LogP contribution in [0, 0.1) is 0 Å². The van der Waals surface area contributed by atoms with Gasteiger partial charge in [0.15, 0.2) is 5.03 Å². The van der Waals surface area contributed by atoms with Crippen LogP contribution in [0.15, 0.2) is 41.6 Å². The Morgan fingerprint density at radius 1 is 1.11 bits per heavy atom. The van der Waals surface area contributed by atoms with Crippen LogP contribution in [0.3, 0.4) is 0 Å². The third-order valence-electron chi connectivity index (χ3n) is 2.30. The molecule has 0 radical (unpaired) electrons. The first-order valence-corrected chi connectivity index (χ1v) is 7.17. The highest BCUT2D eigenvalue weighted by atomic mass is 35.7. The second kappa shape index (κ2) is 4.53. The van der Waals surface area contributed by atoms with Crippen LogP contribution < -0.4 is 0 Å². The van der Waals surface area contributed by atoms with E-state index >= 15 is 0 Å². The number of nitrogens with zero attached hydrogens (tertiary/aromatic N) is 2. The number of hydrogen-bond acceptors (Lipinski definition) is 3. The minimum Gasteiger partial charge on any atom is -0.221 e. The highest BCUT2D eigenvalue weighted by molar-refractivity contribution is 8.13. The zero-order valence-corrected chi connectivity index (χ0v) is 10.7. The van der Waals surface area contributed by atoms with Crippen molar-refractivity contribution in [3.8, 4) is 5.69 Å². The van der Waals surface area contributed by atoms with Gasteiger partial charge < -0.3 is 0 Å². The minimum absolute atomic E-state index is 0.164. The maximum absolute atomic E-state index is 12.4. The van der Waals surface area contributed by atoms with Crippen molar-refractivity contribution in [2.24, 2.45) is 0 Å². The fourth-order valence-electron chi connectivity index (χ4n) is 1.46. The van der Waals surface area contributed by atoms with Gasteiger partial charge in [-0.05, 0) is 30.3 Å². The zero-order valence-electron chi connectivity index (χ0n) is 9.10. The molecule has 4 nitrogen and oxygen atoms in total. The van der Waals surface area contributed by atoms with Gasteiger partial charge in [0.2, 0.25) is 0 Å². The highest BCUT2D eigenvalue weighted by Gasteiger charge is 2.30. The lowest BCUT2D eigenvalue weighted by Crippen LogP contribution is -2.07. The van der Waals surface area contributed by atoms with Crippen molar-refractivity contribution in [3.63, 3.8) is 0 Å². The Bertz CT molecular complexity index is 692. The number of rotatable bonds is 2.